The first-order valence-corrected chi connectivity index (χ1v) is 5.19. The van der Waals surface area contributed by atoms with Crippen molar-refractivity contribution < 1.29 is 0 Å². The second-order valence-corrected chi connectivity index (χ2v) is 3.97. The smallest absolute Gasteiger partial charge is 0.186 e. The van der Waals surface area contributed by atoms with E-state index in [4.69, 9.17) is 5.73 Å². The molecule has 0 saturated heterocycles. The molecule has 0 aliphatic carbocycles. The lowest BCUT2D eigenvalue weighted by atomic mass is 10.1. The first-order chi connectivity index (χ1) is 6.70. The minimum absolute atomic E-state index is 0.0793. The van der Waals surface area contributed by atoms with Crippen molar-refractivity contribution in [3.05, 3.63) is 27.5 Å². The molecule has 1 aromatic heterocycles. The summed E-state index contributed by atoms with van der Waals surface area (Å²) >= 11 is 0. The SMILES string of the molecule is Cc1c(N)n2c(cc1=O)CCCCC2. The second kappa shape index (κ2) is 3.48. The Labute approximate surface area is 83.5 Å². The number of nitrogen functional groups attached to an aromatic ring is 1. The lowest BCUT2D eigenvalue weighted by Gasteiger charge is -2.14. The Morgan fingerprint density at radius 3 is 2.93 bits per heavy atom. The van der Waals surface area contributed by atoms with E-state index in [0.717, 1.165) is 18.7 Å². The number of nitrogens with zero attached hydrogens (tertiary/aromatic N) is 1. The van der Waals surface area contributed by atoms with Crippen molar-refractivity contribution in [2.75, 3.05) is 5.73 Å². The third kappa shape index (κ3) is 1.43. The van der Waals surface area contributed by atoms with Crippen LogP contribution in [-0.4, -0.2) is 4.57 Å². The number of anilines is 1. The molecule has 0 atom stereocenters. The van der Waals surface area contributed by atoms with E-state index >= 15 is 0 Å². The van der Waals surface area contributed by atoms with Gasteiger partial charge in [-0.15, -0.1) is 0 Å². The fourth-order valence-corrected chi connectivity index (χ4v) is 2.04. The zero-order valence-corrected chi connectivity index (χ0v) is 8.55. The molecule has 0 radical (unpaired) electrons. The number of aromatic nitrogens is 1. The lowest BCUT2D eigenvalue weighted by Crippen LogP contribution is -2.19. The summed E-state index contributed by atoms with van der Waals surface area (Å²) in [5.74, 6) is 0.661. The minimum atomic E-state index is 0.0793. The van der Waals surface area contributed by atoms with E-state index in [1.165, 1.54) is 19.3 Å². The maximum Gasteiger partial charge on any atom is 0.186 e. The molecule has 0 bridgehead atoms. The van der Waals surface area contributed by atoms with Crippen molar-refractivity contribution in [2.24, 2.45) is 0 Å². The molecule has 2 heterocycles. The molecule has 0 aromatic carbocycles. The highest BCUT2D eigenvalue weighted by atomic mass is 16.1. The highest BCUT2D eigenvalue weighted by molar-refractivity contribution is 5.41. The van der Waals surface area contributed by atoms with E-state index in [9.17, 15) is 4.79 Å². The molecule has 0 spiro atoms. The Bertz CT molecular complexity index is 406. The quantitative estimate of drug-likeness (QED) is 0.676. The fraction of sp³-hybridized carbons (Fsp3) is 0.545. The Morgan fingerprint density at radius 1 is 1.36 bits per heavy atom. The summed E-state index contributed by atoms with van der Waals surface area (Å²) in [6, 6.07) is 1.75. The molecule has 0 fully saturated rings. The highest BCUT2D eigenvalue weighted by Gasteiger charge is 2.12. The standard InChI is InChI=1S/C11H16N2O/c1-8-10(14)7-9-5-3-2-4-6-13(9)11(8)12/h7H,2-6,12H2,1H3. The molecule has 76 valence electrons. The first-order valence-electron chi connectivity index (χ1n) is 5.19. The molecule has 0 saturated carbocycles. The molecule has 14 heavy (non-hydrogen) atoms. The van der Waals surface area contributed by atoms with Crippen LogP contribution in [0.2, 0.25) is 0 Å². The van der Waals surface area contributed by atoms with Crippen LogP contribution in [0.15, 0.2) is 10.9 Å². The molecule has 2 rings (SSSR count). The summed E-state index contributed by atoms with van der Waals surface area (Å²) in [4.78, 5) is 11.5. The van der Waals surface area contributed by atoms with E-state index in [1.807, 2.05) is 0 Å². The number of hydrogen-bond acceptors (Lipinski definition) is 2. The van der Waals surface area contributed by atoms with Gasteiger partial charge in [0.05, 0.1) is 0 Å². The van der Waals surface area contributed by atoms with E-state index in [2.05, 4.69) is 4.57 Å². The van der Waals surface area contributed by atoms with Gasteiger partial charge < -0.3 is 10.3 Å². The molecular formula is C11H16N2O. The van der Waals surface area contributed by atoms with Crippen molar-refractivity contribution in [3.63, 3.8) is 0 Å². The summed E-state index contributed by atoms with van der Waals surface area (Å²) in [5, 5.41) is 0. The maximum atomic E-state index is 11.5. The van der Waals surface area contributed by atoms with Crippen LogP contribution in [0.5, 0.6) is 0 Å². The van der Waals surface area contributed by atoms with Gasteiger partial charge in [0.2, 0.25) is 0 Å². The van der Waals surface area contributed by atoms with Gasteiger partial charge in [-0.05, 0) is 26.2 Å². The number of pyridine rings is 1. The second-order valence-electron chi connectivity index (χ2n) is 3.97. The number of aryl methyl sites for hydroxylation is 1. The van der Waals surface area contributed by atoms with Gasteiger partial charge in [-0.1, -0.05) is 6.42 Å². The van der Waals surface area contributed by atoms with Gasteiger partial charge >= 0.3 is 0 Å². The predicted octanol–water partition coefficient (Wildman–Crippen LogP) is 1.47. The van der Waals surface area contributed by atoms with Crippen LogP contribution in [0.25, 0.3) is 0 Å². The molecular weight excluding hydrogens is 176 g/mol. The zero-order valence-electron chi connectivity index (χ0n) is 8.55. The Kier molecular flexibility index (Phi) is 2.32. The molecule has 0 amide bonds. The summed E-state index contributed by atoms with van der Waals surface area (Å²) in [6.45, 7) is 2.76. The Hall–Kier alpha value is -1.25. The van der Waals surface area contributed by atoms with Crippen molar-refractivity contribution in [1.29, 1.82) is 0 Å². The van der Waals surface area contributed by atoms with Gasteiger partial charge in [0, 0.05) is 23.9 Å². The lowest BCUT2D eigenvalue weighted by molar-refractivity contribution is 0.636. The third-order valence-corrected chi connectivity index (χ3v) is 3.00. The van der Waals surface area contributed by atoms with E-state index in [0.29, 0.717) is 11.4 Å². The molecule has 2 N–H and O–H groups in total. The van der Waals surface area contributed by atoms with Crippen LogP contribution in [0.3, 0.4) is 0 Å². The summed E-state index contributed by atoms with van der Waals surface area (Å²) < 4.78 is 2.10. The van der Waals surface area contributed by atoms with Gasteiger partial charge in [0.25, 0.3) is 0 Å². The summed E-state index contributed by atoms with van der Waals surface area (Å²) in [6.07, 6.45) is 4.55. The average Bonchev–Trinajstić information content (AvgIpc) is 2.39. The highest BCUT2D eigenvalue weighted by Crippen LogP contribution is 2.18. The summed E-state index contributed by atoms with van der Waals surface area (Å²) in [5.41, 5.74) is 7.81. The topological polar surface area (TPSA) is 48.0 Å². The van der Waals surface area contributed by atoms with Gasteiger partial charge in [0.1, 0.15) is 5.82 Å². The summed E-state index contributed by atoms with van der Waals surface area (Å²) in [7, 11) is 0. The van der Waals surface area contributed by atoms with Gasteiger partial charge in [-0.25, -0.2) is 0 Å². The molecule has 1 aromatic rings. The first kappa shape index (κ1) is 9.31. The van der Waals surface area contributed by atoms with Crippen LogP contribution in [-0.2, 0) is 13.0 Å². The van der Waals surface area contributed by atoms with Crippen LogP contribution in [0, 0.1) is 6.92 Å². The third-order valence-electron chi connectivity index (χ3n) is 3.00. The van der Waals surface area contributed by atoms with Crippen LogP contribution in [0.1, 0.15) is 30.5 Å². The number of nitrogens with two attached hydrogens (primary N) is 1. The van der Waals surface area contributed by atoms with E-state index < -0.39 is 0 Å². The van der Waals surface area contributed by atoms with Gasteiger partial charge in [-0.3, -0.25) is 4.79 Å². The Balaban J connectivity index is 2.60. The molecule has 3 nitrogen and oxygen atoms in total. The minimum Gasteiger partial charge on any atom is -0.385 e. The maximum absolute atomic E-state index is 11.5. The zero-order chi connectivity index (χ0) is 10.1. The van der Waals surface area contributed by atoms with Crippen LogP contribution >= 0.6 is 0 Å². The van der Waals surface area contributed by atoms with Crippen molar-refractivity contribution in [2.45, 2.75) is 39.2 Å². The van der Waals surface area contributed by atoms with Gasteiger partial charge in [-0.2, -0.15) is 0 Å². The predicted molar refractivity (Wildman–Crippen MR) is 57.4 cm³/mol. The number of fused-ring (bicyclic) bond motifs is 1. The van der Waals surface area contributed by atoms with Crippen molar-refractivity contribution in [3.8, 4) is 0 Å². The van der Waals surface area contributed by atoms with Crippen LogP contribution < -0.4 is 11.2 Å². The number of rotatable bonds is 0. The molecule has 3 heteroatoms. The molecule has 1 aliphatic heterocycles. The monoisotopic (exact) mass is 192 g/mol. The number of hydrogen-bond donors (Lipinski definition) is 1. The largest absolute Gasteiger partial charge is 0.385 e. The van der Waals surface area contributed by atoms with E-state index in [1.54, 1.807) is 13.0 Å². The average molecular weight is 192 g/mol. The Morgan fingerprint density at radius 2 is 2.14 bits per heavy atom. The normalized spacial score (nSPS) is 16.1. The van der Waals surface area contributed by atoms with Crippen LogP contribution in [0.4, 0.5) is 5.82 Å². The van der Waals surface area contributed by atoms with Gasteiger partial charge in [0.15, 0.2) is 5.43 Å². The van der Waals surface area contributed by atoms with Crippen molar-refractivity contribution >= 4 is 5.82 Å². The fourth-order valence-electron chi connectivity index (χ4n) is 2.04. The molecule has 1 aliphatic rings. The van der Waals surface area contributed by atoms with Crippen molar-refractivity contribution in [1.82, 2.24) is 4.57 Å². The van der Waals surface area contributed by atoms with E-state index in [-0.39, 0.29) is 5.43 Å². The molecule has 0 unspecified atom stereocenters.